The van der Waals surface area contributed by atoms with Gasteiger partial charge in [-0.15, -0.1) is 0 Å². The molecule has 1 aromatic heterocycles. The van der Waals surface area contributed by atoms with Gasteiger partial charge in [0.25, 0.3) is 0 Å². The summed E-state index contributed by atoms with van der Waals surface area (Å²) < 4.78 is 5.40. The Bertz CT molecular complexity index is 342. The number of nitrogen functional groups attached to an aromatic ring is 1. The van der Waals surface area contributed by atoms with Crippen LogP contribution >= 0.6 is 0 Å². The number of aliphatic hydroxyl groups excluding tert-OH is 1. The molecule has 0 aromatic carbocycles. The minimum absolute atomic E-state index is 0.0328. The van der Waals surface area contributed by atoms with Crippen molar-refractivity contribution in [3.8, 4) is 5.88 Å². The van der Waals surface area contributed by atoms with E-state index in [1.54, 1.807) is 0 Å². The van der Waals surface area contributed by atoms with E-state index < -0.39 is 0 Å². The molecule has 0 aliphatic heterocycles. The van der Waals surface area contributed by atoms with Crippen LogP contribution in [0.3, 0.4) is 0 Å². The molecule has 0 saturated heterocycles. The molecule has 0 bridgehead atoms. The number of aromatic nitrogens is 2. The maximum atomic E-state index is 9.11. The van der Waals surface area contributed by atoms with E-state index in [-0.39, 0.29) is 12.6 Å². The zero-order valence-electron chi connectivity index (χ0n) is 10.3. The summed E-state index contributed by atoms with van der Waals surface area (Å²) in [5, 5.41) is 12.2. The van der Waals surface area contributed by atoms with Crippen molar-refractivity contribution in [3.05, 3.63) is 6.33 Å². The molecular formula is C11H20N4O2. The molecule has 0 amide bonds. The Balaban J connectivity index is 2.78. The van der Waals surface area contributed by atoms with Gasteiger partial charge in [0.05, 0.1) is 19.3 Å². The number of nitrogens with zero attached hydrogens (tertiary/aromatic N) is 2. The normalized spacial score (nSPS) is 12.2. The first kappa shape index (κ1) is 13.5. The molecular weight excluding hydrogens is 220 g/mol. The molecule has 0 radical (unpaired) electrons. The molecule has 6 heteroatoms. The molecule has 0 aliphatic carbocycles. The zero-order chi connectivity index (χ0) is 12.7. The summed E-state index contributed by atoms with van der Waals surface area (Å²) in [6, 6.07) is -0.0637. The van der Waals surface area contributed by atoms with Crippen LogP contribution in [-0.4, -0.2) is 34.3 Å². The van der Waals surface area contributed by atoms with Crippen LogP contribution in [0.4, 0.5) is 11.5 Å². The van der Waals surface area contributed by atoms with Crippen LogP contribution in [-0.2, 0) is 0 Å². The smallest absolute Gasteiger partial charge is 0.242 e. The van der Waals surface area contributed by atoms with Crippen molar-refractivity contribution < 1.29 is 9.84 Å². The van der Waals surface area contributed by atoms with E-state index in [1.807, 2.05) is 13.8 Å². The highest BCUT2D eigenvalue weighted by Crippen LogP contribution is 2.25. The van der Waals surface area contributed by atoms with Gasteiger partial charge in [-0.1, -0.05) is 13.8 Å². The lowest BCUT2D eigenvalue weighted by Crippen LogP contribution is -2.24. The lowest BCUT2D eigenvalue weighted by atomic mass is 10.2. The summed E-state index contributed by atoms with van der Waals surface area (Å²) in [5.41, 5.74) is 6.27. The van der Waals surface area contributed by atoms with Gasteiger partial charge in [-0.3, -0.25) is 0 Å². The second-order valence-corrected chi connectivity index (χ2v) is 3.72. The summed E-state index contributed by atoms with van der Waals surface area (Å²) in [4.78, 5) is 8.02. The van der Waals surface area contributed by atoms with Crippen LogP contribution in [0.2, 0.25) is 0 Å². The topological polar surface area (TPSA) is 93.3 Å². The Labute approximate surface area is 101 Å². The van der Waals surface area contributed by atoms with Crippen molar-refractivity contribution in [3.63, 3.8) is 0 Å². The molecule has 96 valence electrons. The van der Waals surface area contributed by atoms with Crippen molar-refractivity contribution in [2.75, 3.05) is 24.3 Å². The third-order valence-corrected chi connectivity index (χ3v) is 2.34. The second kappa shape index (κ2) is 6.90. The molecule has 6 nitrogen and oxygen atoms in total. The first-order valence-corrected chi connectivity index (χ1v) is 5.83. The summed E-state index contributed by atoms with van der Waals surface area (Å²) >= 11 is 0. The highest BCUT2D eigenvalue weighted by molar-refractivity contribution is 5.66. The Morgan fingerprint density at radius 2 is 2.24 bits per heavy atom. The number of aliphatic hydroxyl groups is 1. The van der Waals surface area contributed by atoms with Crippen molar-refractivity contribution in [2.24, 2.45) is 0 Å². The first-order chi connectivity index (χ1) is 8.22. The average Bonchev–Trinajstić information content (AvgIpc) is 2.36. The third kappa shape index (κ3) is 3.74. The van der Waals surface area contributed by atoms with E-state index in [9.17, 15) is 0 Å². The number of ether oxygens (including phenoxy) is 1. The molecule has 1 heterocycles. The Kier molecular flexibility index (Phi) is 5.48. The summed E-state index contributed by atoms with van der Waals surface area (Å²) in [5.74, 6) is 0.893. The van der Waals surface area contributed by atoms with Gasteiger partial charge in [0.15, 0.2) is 5.82 Å². The fraction of sp³-hybridized carbons (Fsp3) is 0.636. The van der Waals surface area contributed by atoms with E-state index in [0.717, 1.165) is 12.8 Å². The third-order valence-electron chi connectivity index (χ3n) is 2.34. The Morgan fingerprint density at radius 3 is 2.82 bits per heavy atom. The molecule has 1 rings (SSSR count). The Hall–Kier alpha value is -1.56. The molecule has 1 aromatic rings. The summed E-state index contributed by atoms with van der Waals surface area (Å²) in [6.45, 7) is 4.58. The van der Waals surface area contributed by atoms with Crippen LogP contribution in [0.5, 0.6) is 5.88 Å². The van der Waals surface area contributed by atoms with E-state index in [2.05, 4.69) is 15.3 Å². The predicted molar refractivity (Wildman–Crippen MR) is 67.0 cm³/mol. The van der Waals surface area contributed by atoms with Gasteiger partial charge in [0.1, 0.15) is 12.0 Å². The average molecular weight is 240 g/mol. The number of rotatable bonds is 7. The lowest BCUT2D eigenvalue weighted by molar-refractivity contribution is 0.271. The first-order valence-electron chi connectivity index (χ1n) is 5.83. The van der Waals surface area contributed by atoms with E-state index in [4.69, 9.17) is 15.6 Å². The molecule has 1 unspecified atom stereocenters. The molecule has 0 aliphatic rings. The van der Waals surface area contributed by atoms with Crippen LogP contribution < -0.4 is 15.8 Å². The highest BCUT2D eigenvalue weighted by Gasteiger charge is 2.12. The number of nitrogens with two attached hydrogens (primary N) is 1. The van der Waals surface area contributed by atoms with Gasteiger partial charge in [0, 0.05) is 0 Å². The fourth-order valence-corrected chi connectivity index (χ4v) is 1.28. The molecule has 0 saturated carbocycles. The summed E-state index contributed by atoms with van der Waals surface area (Å²) in [6.07, 6.45) is 3.07. The minimum Gasteiger partial charge on any atom is -0.476 e. The standard InChI is InChI=1S/C11H20N4O2/c1-3-5-17-11-9(12)10(13-7-14-11)15-8(4-2)6-16/h7-8,16H,3-6,12H2,1-2H3,(H,13,14,15). The largest absolute Gasteiger partial charge is 0.476 e. The van der Waals surface area contributed by atoms with Gasteiger partial charge < -0.3 is 20.9 Å². The molecule has 0 spiro atoms. The van der Waals surface area contributed by atoms with Crippen LogP contribution in [0.1, 0.15) is 26.7 Å². The van der Waals surface area contributed by atoms with Crippen molar-refractivity contribution in [1.29, 1.82) is 0 Å². The van der Waals surface area contributed by atoms with Crippen molar-refractivity contribution >= 4 is 11.5 Å². The number of hydrogen-bond donors (Lipinski definition) is 3. The van der Waals surface area contributed by atoms with E-state index >= 15 is 0 Å². The van der Waals surface area contributed by atoms with Crippen LogP contribution in [0, 0.1) is 0 Å². The maximum Gasteiger partial charge on any atom is 0.242 e. The molecule has 0 fully saturated rings. The second-order valence-electron chi connectivity index (χ2n) is 3.72. The number of nitrogens with one attached hydrogen (secondary N) is 1. The van der Waals surface area contributed by atoms with Crippen molar-refractivity contribution in [1.82, 2.24) is 9.97 Å². The zero-order valence-corrected chi connectivity index (χ0v) is 10.3. The quantitative estimate of drug-likeness (QED) is 0.659. The minimum atomic E-state index is -0.0637. The van der Waals surface area contributed by atoms with Gasteiger partial charge >= 0.3 is 0 Å². The predicted octanol–water partition coefficient (Wildman–Crippen LogP) is 1.03. The highest BCUT2D eigenvalue weighted by atomic mass is 16.5. The molecule has 17 heavy (non-hydrogen) atoms. The number of hydrogen-bond acceptors (Lipinski definition) is 6. The fourth-order valence-electron chi connectivity index (χ4n) is 1.28. The number of anilines is 2. The van der Waals surface area contributed by atoms with E-state index in [1.165, 1.54) is 6.33 Å². The lowest BCUT2D eigenvalue weighted by Gasteiger charge is -2.16. The van der Waals surface area contributed by atoms with Crippen molar-refractivity contribution in [2.45, 2.75) is 32.7 Å². The van der Waals surface area contributed by atoms with Gasteiger partial charge in [-0.05, 0) is 12.8 Å². The van der Waals surface area contributed by atoms with E-state index in [0.29, 0.717) is 24.0 Å². The van der Waals surface area contributed by atoms with Crippen LogP contribution in [0.25, 0.3) is 0 Å². The molecule has 1 atom stereocenters. The van der Waals surface area contributed by atoms with Crippen LogP contribution in [0.15, 0.2) is 6.33 Å². The maximum absolute atomic E-state index is 9.11. The monoisotopic (exact) mass is 240 g/mol. The van der Waals surface area contributed by atoms with Gasteiger partial charge in [-0.2, -0.15) is 4.98 Å². The van der Waals surface area contributed by atoms with Gasteiger partial charge in [-0.25, -0.2) is 4.98 Å². The molecule has 4 N–H and O–H groups in total. The van der Waals surface area contributed by atoms with Gasteiger partial charge in [0.2, 0.25) is 5.88 Å². The summed E-state index contributed by atoms with van der Waals surface area (Å²) in [7, 11) is 0. The SMILES string of the molecule is CCCOc1ncnc(NC(CC)CO)c1N. The Morgan fingerprint density at radius 1 is 1.47 bits per heavy atom.